The molecule has 0 fully saturated rings. The van der Waals surface area contributed by atoms with Crippen LogP contribution in [0.5, 0.6) is 0 Å². The Bertz CT molecular complexity index is 46.1. The topological polar surface area (TPSA) is 46.5 Å². The Morgan fingerprint density at radius 1 is 1.83 bits per heavy atom. The van der Waals surface area contributed by atoms with Gasteiger partial charge in [0.25, 0.3) is 0 Å². The second kappa shape index (κ2) is 5.69. The zero-order chi connectivity index (χ0) is 4.28. The Labute approximate surface area is 51.3 Å². The van der Waals surface area contributed by atoms with E-state index in [9.17, 15) is 4.21 Å². The maximum Gasteiger partial charge on any atom is 0.301 e. The first-order chi connectivity index (χ1) is 2.27. The fourth-order valence-corrected chi connectivity index (χ4v) is 0. The van der Waals surface area contributed by atoms with Crippen molar-refractivity contribution in [2.45, 2.75) is 0 Å². The molecule has 0 spiro atoms. The first kappa shape index (κ1) is 9.85. The van der Waals surface area contributed by atoms with Crippen molar-refractivity contribution in [3.63, 3.8) is 0 Å². The molecule has 0 saturated carbocycles. The predicted octanol–water partition coefficient (Wildman–Crippen LogP) is -0.233. The van der Waals surface area contributed by atoms with E-state index in [1.54, 1.807) is 0 Å². The van der Waals surface area contributed by atoms with Crippen LogP contribution in [0.3, 0.4) is 0 Å². The molecule has 0 rings (SSSR count). The van der Waals surface area contributed by atoms with Crippen LogP contribution >= 0.6 is 0 Å². The largest absolute Gasteiger partial charge is 0.301 e. The van der Waals surface area contributed by atoms with Crippen molar-refractivity contribution >= 4 is 11.4 Å². The Balaban J connectivity index is 0. The van der Waals surface area contributed by atoms with Crippen molar-refractivity contribution in [1.82, 2.24) is 0 Å². The minimum absolute atomic E-state index is 0. The van der Waals surface area contributed by atoms with Crippen LogP contribution in [0.2, 0.25) is 0 Å². The van der Waals surface area contributed by atoms with Gasteiger partial charge in [0.2, 0.25) is 0 Å². The van der Waals surface area contributed by atoms with E-state index in [1.807, 2.05) is 0 Å². The number of hydrogen-bond acceptors (Lipinski definition) is 2. The van der Waals surface area contributed by atoms with E-state index in [4.69, 9.17) is 4.55 Å². The van der Waals surface area contributed by atoms with Gasteiger partial charge in [0.1, 0.15) is 0 Å². The van der Waals surface area contributed by atoms with Crippen LogP contribution in [-0.4, -0.2) is 15.9 Å². The summed E-state index contributed by atoms with van der Waals surface area (Å²) in [4.78, 5) is 0. The summed E-state index contributed by atoms with van der Waals surface area (Å²) in [6.45, 7) is 0. The summed E-state index contributed by atoms with van der Waals surface area (Å²) in [5.41, 5.74) is 0. The van der Waals surface area contributed by atoms with Crippen molar-refractivity contribution in [3.8, 4) is 0 Å². The molecule has 1 N–H and O–H groups in total. The number of hydrogen-bond donors (Lipinski definition) is 1. The second-order valence-electron chi connectivity index (χ2n) is 0.384. The molecule has 0 heterocycles. The molecule has 1 atom stereocenters. The van der Waals surface area contributed by atoms with Gasteiger partial charge in [-0.25, -0.2) is 0 Å². The smallest absolute Gasteiger partial charge is 0.284 e. The van der Waals surface area contributed by atoms with Gasteiger partial charge in [-0.05, 0) is 0 Å². The maximum absolute atomic E-state index is 9.26. The van der Waals surface area contributed by atoms with E-state index in [0.717, 1.165) is 7.11 Å². The van der Waals surface area contributed by atoms with Gasteiger partial charge in [0.05, 0.1) is 7.11 Å². The van der Waals surface area contributed by atoms with E-state index >= 15 is 0 Å². The molecular weight excluding hydrogens is 157 g/mol. The molecular formula is CH4O3SZn. The van der Waals surface area contributed by atoms with Crippen molar-refractivity contribution in [3.05, 3.63) is 0 Å². The third-order valence-corrected chi connectivity index (χ3v) is 0.428. The average Bonchev–Trinajstić information content (AvgIpc) is 1.38. The molecule has 0 aliphatic carbocycles. The van der Waals surface area contributed by atoms with Crippen molar-refractivity contribution in [2.24, 2.45) is 0 Å². The summed E-state index contributed by atoms with van der Waals surface area (Å²) in [7, 11) is 1.15. The molecule has 3 nitrogen and oxygen atoms in total. The van der Waals surface area contributed by atoms with Gasteiger partial charge in [-0.2, -0.15) is 4.21 Å². The van der Waals surface area contributed by atoms with Crippen LogP contribution in [-0.2, 0) is 35.0 Å². The molecule has 0 radical (unpaired) electrons. The molecule has 5 heteroatoms. The van der Waals surface area contributed by atoms with E-state index in [2.05, 4.69) is 4.18 Å². The quantitative estimate of drug-likeness (QED) is 0.427. The summed E-state index contributed by atoms with van der Waals surface area (Å²) in [6.07, 6.45) is 0. The predicted molar refractivity (Wildman–Crippen MR) is 17.8 cm³/mol. The van der Waals surface area contributed by atoms with Crippen molar-refractivity contribution in [2.75, 3.05) is 7.11 Å². The SMILES string of the molecule is COS(=O)O.[Zn]. The first-order valence-electron chi connectivity index (χ1n) is 0.924. The Kier molecular flexibility index (Phi) is 9.35. The fraction of sp³-hybridized carbons (Fsp3) is 1.00. The molecule has 0 aromatic carbocycles. The molecule has 0 saturated heterocycles. The van der Waals surface area contributed by atoms with E-state index in [1.165, 1.54) is 0 Å². The minimum atomic E-state index is -2.07. The van der Waals surface area contributed by atoms with Crippen LogP contribution in [0.4, 0.5) is 0 Å². The molecule has 0 aromatic rings. The van der Waals surface area contributed by atoms with Crippen LogP contribution < -0.4 is 0 Å². The van der Waals surface area contributed by atoms with Gasteiger partial charge < -0.3 is 0 Å². The normalized spacial score (nSPS) is 12.3. The second-order valence-corrected chi connectivity index (χ2v) is 1.15. The van der Waals surface area contributed by atoms with E-state index in [-0.39, 0.29) is 19.5 Å². The van der Waals surface area contributed by atoms with Crippen molar-refractivity contribution in [1.29, 1.82) is 0 Å². The molecule has 0 aliphatic heterocycles. The van der Waals surface area contributed by atoms with E-state index in [0.29, 0.717) is 0 Å². The van der Waals surface area contributed by atoms with Crippen LogP contribution in [0, 0.1) is 0 Å². The van der Waals surface area contributed by atoms with Crippen LogP contribution in [0.1, 0.15) is 0 Å². The van der Waals surface area contributed by atoms with E-state index < -0.39 is 11.4 Å². The summed E-state index contributed by atoms with van der Waals surface area (Å²) in [5, 5.41) is 0. The minimum Gasteiger partial charge on any atom is -0.284 e. The Morgan fingerprint density at radius 2 is 2.00 bits per heavy atom. The molecule has 6 heavy (non-hydrogen) atoms. The molecule has 34 valence electrons. The standard InChI is InChI=1S/CH4O3S.Zn/c1-4-5(2)3;/h1H3,(H,2,3);. The first-order valence-corrected chi connectivity index (χ1v) is 1.96. The summed E-state index contributed by atoms with van der Waals surface area (Å²) in [6, 6.07) is 0. The molecule has 0 aromatic heterocycles. The maximum atomic E-state index is 9.26. The van der Waals surface area contributed by atoms with Gasteiger partial charge in [-0.15, -0.1) is 0 Å². The van der Waals surface area contributed by atoms with Gasteiger partial charge in [0.15, 0.2) is 0 Å². The molecule has 0 amide bonds. The fourth-order valence-electron chi connectivity index (χ4n) is 0. The molecule has 0 bridgehead atoms. The van der Waals surface area contributed by atoms with Gasteiger partial charge >= 0.3 is 11.4 Å². The third kappa shape index (κ3) is 8.83. The van der Waals surface area contributed by atoms with Crippen molar-refractivity contribution < 1.29 is 32.4 Å². The van der Waals surface area contributed by atoms with Crippen LogP contribution in [0.25, 0.3) is 0 Å². The molecule has 0 aliphatic rings. The van der Waals surface area contributed by atoms with Gasteiger partial charge in [-0.3, -0.25) is 8.74 Å². The average molecular weight is 161 g/mol. The number of rotatable bonds is 1. The Hall–Kier alpha value is 0.693. The Morgan fingerprint density at radius 3 is 2.00 bits per heavy atom. The van der Waals surface area contributed by atoms with Gasteiger partial charge in [-0.1, -0.05) is 0 Å². The summed E-state index contributed by atoms with van der Waals surface area (Å²) in [5.74, 6) is 0. The zero-order valence-corrected chi connectivity index (χ0v) is 7.16. The third-order valence-electron chi connectivity index (χ3n) is 0.143. The van der Waals surface area contributed by atoms with Crippen LogP contribution in [0.15, 0.2) is 0 Å². The zero-order valence-electron chi connectivity index (χ0n) is 3.38. The van der Waals surface area contributed by atoms with Gasteiger partial charge in [0, 0.05) is 19.5 Å². The molecule has 1 unspecified atom stereocenters. The summed E-state index contributed by atoms with van der Waals surface area (Å²) >= 11 is -2.07. The monoisotopic (exact) mass is 160 g/mol. The summed E-state index contributed by atoms with van der Waals surface area (Å²) < 4.78 is 20.6.